The van der Waals surface area contributed by atoms with Gasteiger partial charge in [0, 0.05) is 12.7 Å². The van der Waals surface area contributed by atoms with Crippen LogP contribution in [0, 0.1) is 10.1 Å². The Bertz CT molecular complexity index is 1020. The first kappa shape index (κ1) is 23.7. The number of hydrogen-bond acceptors (Lipinski definition) is 7. The van der Waals surface area contributed by atoms with Crippen LogP contribution < -0.4 is 5.32 Å². The summed E-state index contributed by atoms with van der Waals surface area (Å²) in [6, 6.07) is 4.68. The highest BCUT2D eigenvalue weighted by Gasteiger charge is 2.33. The Hall–Kier alpha value is -3.61. The maximum absolute atomic E-state index is 12.9. The highest BCUT2D eigenvalue weighted by Crippen LogP contribution is 2.36. The topological polar surface area (TPSA) is 132 Å². The quantitative estimate of drug-likeness (QED) is 0.379. The number of benzene rings is 1. The summed E-state index contributed by atoms with van der Waals surface area (Å²) in [4.78, 5) is 46.2. The van der Waals surface area contributed by atoms with Gasteiger partial charge in [-0.05, 0) is 24.3 Å². The molecule has 0 unspecified atom stereocenters. The number of nitrogens with one attached hydrogen (secondary N) is 1. The smallest absolute Gasteiger partial charge is 0.433 e. The van der Waals surface area contributed by atoms with E-state index in [-0.39, 0.29) is 5.69 Å². The maximum Gasteiger partial charge on any atom is 0.433 e. The summed E-state index contributed by atoms with van der Waals surface area (Å²) in [5.74, 6) is -3.97. The predicted molar refractivity (Wildman–Crippen MR) is 98.4 cm³/mol. The molecule has 14 heteroatoms. The summed E-state index contributed by atoms with van der Waals surface area (Å²) >= 11 is 5.50. The van der Waals surface area contributed by atoms with Gasteiger partial charge in [0.2, 0.25) is 11.7 Å². The van der Waals surface area contributed by atoms with Crippen LogP contribution in [0.2, 0.25) is 5.02 Å². The average Bonchev–Trinajstić information content (AvgIpc) is 3.17. The Balaban J connectivity index is 1.88. The average molecular weight is 464 g/mol. The molecule has 1 heterocycles. The molecule has 0 fully saturated rings. The van der Waals surface area contributed by atoms with Crippen LogP contribution in [-0.2, 0) is 20.5 Å². The minimum Gasteiger partial charge on any atom is -0.450 e. The van der Waals surface area contributed by atoms with Crippen molar-refractivity contribution < 1.29 is 41.6 Å². The minimum absolute atomic E-state index is 0.187. The number of furan rings is 1. The Labute approximate surface area is 176 Å². The Kier molecular flexibility index (Phi) is 7.23. The molecule has 1 N–H and O–H groups in total. The lowest BCUT2D eigenvalue weighted by Gasteiger charge is -2.17. The zero-order valence-electron chi connectivity index (χ0n) is 15.6. The van der Waals surface area contributed by atoms with Crippen LogP contribution >= 0.6 is 11.6 Å². The second-order valence-corrected chi connectivity index (χ2v) is 6.37. The van der Waals surface area contributed by atoms with Crippen LogP contribution in [0.15, 0.2) is 34.7 Å². The summed E-state index contributed by atoms with van der Waals surface area (Å²) in [6.45, 7) is -1.37. The van der Waals surface area contributed by atoms with E-state index in [4.69, 9.17) is 11.6 Å². The van der Waals surface area contributed by atoms with Crippen LogP contribution in [-0.4, -0.2) is 47.8 Å². The Morgan fingerprint density at radius 3 is 2.52 bits per heavy atom. The van der Waals surface area contributed by atoms with E-state index in [0.29, 0.717) is 6.07 Å². The number of likely N-dealkylation sites (N-methyl/N-ethyl adjacent to an activating group) is 1. The summed E-state index contributed by atoms with van der Waals surface area (Å²) < 4.78 is 47.9. The number of nitro groups is 1. The molecule has 31 heavy (non-hydrogen) atoms. The van der Waals surface area contributed by atoms with Crippen molar-refractivity contribution in [3.63, 3.8) is 0 Å². The van der Waals surface area contributed by atoms with Crippen LogP contribution in [0.25, 0.3) is 0 Å². The van der Waals surface area contributed by atoms with Crippen molar-refractivity contribution >= 4 is 41.0 Å². The van der Waals surface area contributed by atoms with Gasteiger partial charge >= 0.3 is 18.0 Å². The molecule has 1 aromatic heterocycles. The van der Waals surface area contributed by atoms with E-state index in [9.17, 15) is 37.7 Å². The van der Waals surface area contributed by atoms with Gasteiger partial charge in [0.15, 0.2) is 6.61 Å². The van der Waals surface area contributed by atoms with Crippen molar-refractivity contribution in [2.75, 3.05) is 25.5 Å². The highest BCUT2D eigenvalue weighted by molar-refractivity contribution is 6.31. The molecule has 0 bridgehead atoms. The van der Waals surface area contributed by atoms with E-state index in [1.807, 2.05) is 0 Å². The fraction of sp³-hybridized carbons (Fsp3) is 0.235. The number of ether oxygens (including phenoxy) is 1. The number of amides is 2. The van der Waals surface area contributed by atoms with Gasteiger partial charge in [0.1, 0.15) is 4.92 Å². The van der Waals surface area contributed by atoms with E-state index >= 15 is 0 Å². The molecule has 2 aromatic rings. The van der Waals surface area contributed by atoms with E-state index in [2.05, 4.69) is 14.5 Å². The molecule has 10 nitrogen and oxygen atoms in total. The van der Waals surface area contributed by atoms with E-state index in [1.54, 1.807) is 0 Å². The third-order valence-corrected chi connectivity index (χ3v) is 3.99. The Morgan fingerprint density at radius 1 is 1.26 bits per heavy atom. The third-order valence-electron chi connectivity index (χ3n) is 3.66. The van der Waals surface area contributed by atoms with Crippen molar-refractivity contribution in [2.24, 2.45) is 0 Å². The number of alkyl halides is 3. The SMILES string of the molecule is CN(CC(=O)Nc1ccc(Cl)c(C(F)(F)F)c1)C(=O)COC(=O)c1ccc([N+](=O)[O-])o1. The molecule has 0 saturated carbocycles. The number of carbonyl (C=O) groups excluding carboxylic acids is 3. The van der Waals surface area contributed by atoms with Gasteiger partial charge in [0.05, 0.1) is 23.2 Å². The fourth-order valence-electron chi connectivity index (χ4n) is 2.17. The zero-order valence-corrected chi connectivity index (χ0v) is 16.3. The first-order valence-electron chi connectivity index (χ1n) is 8.20. The molecule has 0 aliphatic rings. The van der Waals surface area contributed by atoms with Crippen molar-refractivity contribution in [3.8, 4) is 0 Å². The summed E-state index contributed by atoms with van der Waals surface area (Å²) in [7, 11) is 1.19. The normalized spacial score (nSPS) is 11.0. The lowest BCUT2D eigenvalue weighted by molar-refractivity contribution is -0.402. The molecule has 0 radical (unpaired) electrons. The maximum atomic E-state index is 12.9. The van der Waals surface area contributed by atoms with Crippen LogP contribution in [0.3, 0.4) is 0 Å². The standard InChI is InChI=1S/C17H13ClF3N3O7/c1-23(14(26)8-30-16(27)12-4-5-15(31-12)24(28)29)7-13(25)22-9-2-3-11(18)10(6-9)17(19,20)21/h2-6H,7-8H2,1H3,(H,22,25). The second-order valence-electron chi connectivity index (χ2n) is 5.96. The summed E-state index contributed by atoms with van der Waals surface area (Å²) in [6.07, 6.45) is -4.72. The molecule has 0 aliphatic heterocycles. The van der Waals surface area contributed by atoms with E-state index < -0.39 is 64.3 Å². The van der Waals surface area contributed by atoms with Gasteiger partial charge in [0.25, 0.3) is 5.91 Å². The number of halogens is 4. The molecule has 0 atom stereocenters. The van der Waals surface area contributed by atoms with Crippen LogP contribution in [0.5, 0.6) is 0 Å². The van der Waals surface area contributed by atoms with E-state index in [0.717, 1.165) is 29.2 Å². The second kappa shape index (κ2) is 9.47. The lowest BCUT2D eigenvalue weighted by atomic mass is 10.2. The van der Waals surface area contributed by atoms with Gasteiger partial charge in [-0.25, -0.2) is 4.79 Å². The fourth-order valence-corrected chi connectivity index (χ4v) is 2.39. The van der Waals surface area contributed by atoms with Crippen molar-refractivity contribution in [3.05, 3.63) is 56.8 Å². The molecule has 2 rings (SSSR count). The summed E-state index contributed by atoms with van der Waals surface area (Å²) in [5, 5.41) is 12.2. The first-order chi connectivity index (χ1) is 14.4. The highest BCUT2D eigenvalue weighted by atomic mass is 35.5. The largest absolute Gasteiger partial charge is 0.450 e. The molecular weight excluding hydrogens is 451 g/mol. The molecule has 1 aromatic carbocycles. The molecule has 0 spiro atoms. The molecule has 0 aliphatic carbocycles. The Morgan fingerprint density at radius 2 is 1.94 bits per heavy atom. The first-order valence-corrected chi connectivity index (χ1v) is 8.58. The predicted octanol–water partition coefficient (Wildman–Crippen LogP) is 3.11. The molecule has 0 saturated heterocycles. The zero-order chi connectivity index (χ0) is 23.3. The van der Waals surface area contributed by atoms with Crippen LogP contribution in [0.4, 0.5) is 24.7 Å². The molecule has 2 amide bonds. The number of rotatable bonds is 7. The number of esters is 1. The molecular formula is C17H13ClF3N3O7. The third kappa shape index (κ3) is 6.44. The number of carbonyl (C=O) groups is 3. The van der Waals surface area contributed by atoms with Crippen LogP contribution in [0.1, 0.15) is 16.1 Å². The van der Waals surface area contributed by atoms with Gasteiger partial charge in [-0.3, -0.25) is 19.7 Å². The summed E-state index contributed by atoms with van der Waals surface area (Å²) in [5.41, 5.74) is -1.32. The monoisotopic (exact) mass is 463 g/mol. The van der Waals surface area contributed by atoms with Gasteiger partial charge in [-0.1, -0.05) is 11.6 Å². The number of nitrogens with zero attached hydrogens (tertiary/aromatic N) is 2. The number of anilines is 1. The van der Waals surface area contributed by atoms with Gasteiger partial charge < -0.3 is 19.4 Å². The minimum atomic E-state index is -4.72. The molecule has 166 valence electrons. The number of hydrogen-bond donors (Lipinski definition) is 1. The lowest BCUT2D eigenvalue weighted by Crippen LogP contribution is -2.37. The van der Waals surface area contributed by atoms with Gasteiger partial charge in [-0.2, -0.15) is 13.2 Å². The van der Waals surface area contributed by atoms with Crippen molar-refractivity contribution in [2.45, 2.75) is 6.18 Å². The van der Waals surface area contributed by atoms with E-state index in [1.165, 1.54) is 7.05 Å². The van der Waals surface area contributed by atoms with Crippen molar-refractivity contribution in [1.82, 2.24) is 4.90 Å². The van der Waals surface area contributed by atoms with Crippen molar-refractivity contribution in [1.29, 1.82) is 0 Å². The van der Waals surface area contributed by atoms with Gasteiger partial charge in [-0.15, -0.1) is 0 Å².